The number of aliphatic carboxylic acids is 1. The number of carboxylic acids is 1. The number of fused-ring (bicyclic) bond motifs is 14. The van der Waals surface area contributed by atoms with Crippen LogP contribution in [0.1, 0.15) is 128 Å². The zero-order chi connectivity index (χ0) is 94.7. The Bertz CT molecular complexity index is 5600. The normalized spacial score (nSPS) is 28.9. The van der Waals surface area contributed by atoms with Crippen molar-refractivity contribution in [3.05, 3.63) is 176 Å². The number of carboxylic acid groups (broad SMARTS) is 1. The number of aromatic hydroxyl groups is 4. The Balaban J connectivity index is 1.04. The number of phenolic OH excluding ortho intramolecular Hbond substituents is 4. The van der Waals surface area contributed by atoms with Gasteiger partial charge in [-0.3, -0.25) is 38.4 Å². The number of halogens is 2. The molecule has 0 spiro atoms. The number of benzene rings is 7. The van der Waals surface area contributed by atoms with E-state index in [4.69, 9.17) is 71.6 Å². The second-order valence-electron chi connectivity index (χ2n) is 32.3. The SMILES string of the molecule is CCCCCC=CCCC(=O)OC1C(Nc2c3cc4cc2Oc2ccc(cc2Cl)C(OC2OC(CO)C(O)C(O)C2NC(C)=O)C2NC(=O)C(NC(=O)C4NC(=O)C4NC(=O)C(Cc5ccc(c(Cl)c5)O3)NC(=O)C(N)c3ccc(O)c(c3)Oc3cc(O)cc4c3)c3ccc(O)c(c3)-c3c(OC4OC(CO)C(O)C(O)C4O)cc(O)cc3C(C(=O)O)NC2=O)OC(CO)C(O)C1O. The Morgan fingerprint density at radius 3 is 1.78 bits per heavy atom. The molecule has 3 saturated heterocycles. The fourth-order valence-electron chi connectivity index (χ4n) is 16.3. The number of rotatable bonds is 19. The number of phenols is 4. The molecule has 23 atom stereocenters. The summed E-state index contributed by atoms with van der Waals surface area (Å²) in [5.74, 6) is -18.9. The van der Waals surface area contributed by atoms with E-state index in [1.165, 1.54) is 30.3 Å². The van der Waals surface area contributed by atoms with Crippen molar-refractivity contribution in [2.75, 3.05) is 25.1 Å². The van der Waals surface area contributed by atoms with E-state index in [-0.39, 0.29) is 46.2 Å². The highest BCUT2D eigenvalue weighted by Crippen LogP contribution is 2.50. The Morgan fingerprint density at radius 2 is 1.12 bits per heavy atom. The van der Waals surface area contributed by atoms with Gasteiger partial charge in [-0.15, -0.1) is 0 Å². The fraction of sp³-hybridized carbons (Fsp3) is 0.398. The predicted molar refractivity (Wildman–Crippen MR) is 454 cm³/mol. The lowest BCUT2D eigenvalue weighted by Crippen LogP contribution is -2.65. The van der Waals surface area contributed by atoms with Gasteiger partial charge in [0.2, 0.25) is 47.6 Å². The van der Waals surface area contributed by atoms with Gasteiger partial charge in [0.1, 0.15) is 155 Å². The summed E-state index contributed by atoms with van der Waals surface area (Å²) in [6.45, 7) is -0.136. The molecule has 23 unspecified atom stereocenters. The number of carbonyl (C=O) groups is 9. The van der Waals surface area contributed by atoms with E-state index in [0.29, 0.717) is 6.42 Å². The number of nitrogens with one attached hydrogen (secondary N) is 8. The van der Waals surface area contributed by atoms with Crippen LogP contribution in [0.2, 0.25) is 10.0 Å². The molecular weight excluding hydrogens is 1780 g/mol. The minimum absolute atomic E-state index is 0.0267. The standard InChI is InChI=1S/C88H95Cl2N9O33/c1-3-4-5-6-7-8-9-10-60(108)131-78-75(114)72(111)57(31-100)127-85(78)99-67-55-26-40-27-56(67)126-52-18-14-38(24-47(52)90)77(132-87-68(92-34(2)103)73(112)70(109)58(32-101)129-87)69-84(121)97-66(86(122)123)45-29-42(105)30-54(128-88-76(115)74(113)71(110)59(33-102)130-88)61(45)44-23-37(13-15-49(44)106)63(81(118)98-69)95-83(120)65(40)96-82(119)64-39-21-41(104)28-43(22-39)124-53-25-36(12-16-50(53)107)62(91)80(117)93-48(79(116)94-64)20-35-11-17-51(125-55)46(89)19-35/h7-8,11-19,21-30,48,57-59,62-66,68-78,85,87-88,99-102,104-107,109-115H,3-6,9-10,20,31-33,91H2,1-2H3,(H,92,103)(H,93,117)(H,94,116)(H,95,120)(H,96,119)(H,97,121)(H,98,118)(H,122,123). The number of hydrogen-bond acceptors (Lipinski definition) is 34. The molecule has 25 N–H and O–H groups in total. The van der Waals surface area contributed by atoms with Gasteiger partial charge in [0.25, 0.3) is 0 Å². The molecule has 7 aromatic rings. The van der Waals surface area contributed by atoms with Crippen molar-refractivity contribution in [1.29, 1.82) is 0 Å². The number of nitrogens with two attached hydrogens (primary N) is 1. The molecular formula is C88H95Cl2N9O33. The van der Waals surface area contributed by atoms with Gasteiger partial charge >= 0.3 is 11.9 Å². The largest absolute Gasteiger partial charge is 0.508 e. The third-order valence-corrected chi connectivity index (χ3v) is 23.7. The van der Waals surface area contributed by atoms with Crippen LogP contribution in [0, 0.1) is 0 Å². The minimum atomic E-state index is -2.59. The second-order valence-corrected chi connectivity index (χ2v) is 33.1. The highest BCUT2D eigenvalue weighted by molar-refractivity contribution is 6.32. The van der Waals surface area contributed by atoms with E-state index in [2.05, 4.69) is 42.5 Å². The van der Waals surface area contributed by atoms with Gasteiger partial charge in [-0.25, -0.2) is 4.79 Å². The molecule has 42 nitrogen and oxygen atoms in total. The maximum atomic E-state index is 17.0. The van der Waals surface area contributed by atoms with Gasteiger partial charge in [-0.2, -0.15) is 0 Å². The molecule has 0 radical (unpaired) electrons. The molecule has 9 heterocycles. The van der Waals surface area contributed by atoms with Crippen LogP contribution in [-0.2, 0) is 73.3 Å². The van der Waals surface area contributed by atoms with Crippen LogP contribution in [0.25, 0.3) is 11.1 Å². The summed E-state index contributed by atoms with van der Waals surface area (Å²) in [5, 5.41) is 190. The molecule has 704 valence electrons. The van der Waals surface area contributed by atoms with Crippen molar-refractivity contribution >= 4 is 82.2 Å². The number of ether oxygens (including phenoxy) is 9. The molecule has 0 aromatic heterocycles. The monoisotopic (exact) mass is 1880 g/mol. The molecule has 44 heteroatoms. The number of anilines is 1. The lowest BCUT2D eigenvalue weighted by atomic mass is 9.89. The molecule has 7 amide bonds. The van der Waals surface area contributed by atoms with E-state index >= 15 is 24.0 Å². The molecule has 132 heavy (non-hydrogen) atoms. The molecule has 9 aliphatic rings. The summed E-state index contributed by atoms with van der Waals surface area (Å²) in [6, 6.07) is 2.61. The summed E-state index contributed by atoms with van der Waals surface area (Å²) in [7, 11) is 0. The molecule has 0 aliphatic carbocycles. The van der Waals surface area contributed by atoms with Gasteiger partial charge in [0, 0.05) is 48.6 Å². The summed E-state index contributed by atoms with van der Waals surface area (Å²) in [6.07, 6.45) is -24.3. The van der Waals surface area contributed by atoms with Crippen LogP contribution < -0.4 is 67.2 Å². The van der Waals surface area contributed by atoms with Gasteiger partial charge < -0.3 is 167 Å². The first kappa shape index (κ1) is 95.8. The second kappa shape index (κ2) is 40.8. The van der Waals surface area contributed by atoms with Crippen LogP contribution in [0.4, 0.5) is 5.69 Å². The number of unbranched alkanes of at least 4 members (excludes halogenated alkanes) is 3. The lowest BCUT2D eigenvalue weighted by molar-refractivity contribution is -0.284. The van der Waals surface area contributed by atoms with Crippen molar-refractivity contribution in [1.82, 2.24) is 37.2 Å². The van der Waals surface area contributed by atoms with E-state index in [1.54, 1.807) is 6.08 Å². The van der Waals surface area contributed by atoms with Crippen molar-refractivity contribution < 1.29 is 162 Å². The maximum Gasteiger partial charge on any atom is 0.330 e. The summed E-state index contributed by atoms with van der Waals surface area (Å²) >= 11 is 14.7. The van der Waals surface area contributed by atoms with E-state index in [1.807, 2.05) is 13.0 Å². The van der Waals surface area contributed by atoms with Crippen LogP contribution in [0.5, 0.6) is 63.2 Å². The Labute approximate surface area is 759 Å². The lowest BCUT2D eigenvalue weighted by Gasteiger charge is -2.44. The highest BCUT2D eigenvalue weighted by Gasteiger charge is 2.52. The van der Waals surface area contributed by atoms with Crippen molar-refractivity contribution in [2.24, 2.45) is 5.73 Å². The minimum Gasteiger partial charge on any atom is -0.508 e. The third kappa shape index (κ3) is 20.6. The molecule has 17 bridgehead atoms. The number of allylic oxidation sites excluding steroid dienone is 2. The Morgan fingerprint density at radius 1 is 0.538 bits per heavy atom. The maximum absolute atomic E-state index is 17.0. The van der Waals surface area contributed by atoms with E-state index in [9.17, 15) is 95.8 Å². The van der Waals surface area contributed by atoms with Crippen molar-refractivity contribution in [3.63, 3.8) is 0 Å². The number of esters is 1. The molecule has 0 saturated carbocycles. The zero-order valence-corrected chi connectivity index (χ0v) is 71.4. The Hall–Kier alpha value is -12.3. The van der Waals surface area contributed by atoms with Gasteiger partial charge in [-0.05, 0) is 132 Å². The third-order valence-electron chi connectivity index (χ3n) is 23.1. The quantitative estimate of drug-likeness (QED) is 0.0309. The van der Waals surface area contributed by atoms with E-state index in [0.717, 1.165) is 111 Å². The van der Waals surface area contributed by atoms with Crippen LogP contribution >= 0.6 is 23.2 Å². The number of carbonyl (C=O) groups excluding carboxylic acids is 8. The van der Waals surface area contributed by atoms with Crippen LogP contribution in [0.15, 0.2) is 127 Å². The summed E-state index contributed by atoms with van der Waals surface area (Å²) in [5.41, 5.74) is 2.32. The van der Waals surface area contributed by atoms with Crippen molar-refractivity contribution in [2.45, 2.75) is 199 Å². The Kier molecular flexibility index (Phi) is 29.6. The summed E-state index contributed by atoms with van der Waals surface area (Å²) < 4.78 is 56.7. The zero-order valence-electron chi connectivity index (χ0n) is 69.9. The number of aliphatic hydroxyl groups is 10. The highest BCUT2D eigenvalue weighted by atomic mass is 35.5. The van der Waals surface area contributed by atoms with Gasteiger partial charge in [0.15, 0.2) is 47.7 Å². The number of aliphatic hydroxyl groups excluding tert-OH is 10. The molecule has 16 rings (SSSR count). The summed E-state index contributed by atoms with van der Waals surface area (Å²) in [4.78, 5) is 138. The topological polar surface area (TPSA) is 662 Å². The molecule has 9 aliphatic heterocycles. The first-order chi connectivity index (χ1) is 63.0. The number of hydrogen-bond donors (Lipinski definition) is 24. The first-order valence-electron chi connectivity index (χ1n) is 41.7. The molecule has 3 fully saturated rings. The van der Waals surface area contributed by atoms with Crippen molar-refractivity contribution in [3.8, 4) is 74.4 Å². The predicted octanol–water partition coefficient (Wildman–Crippen LogP) is 1.40. The smallest absolute Gasteiger partial charge is 0.330 e. The first-order valence-corrected chi connectivity index (χ1v) is 42.5. The average molecular weight is 1880 g/mol. The van der Waals surface area contributed by atoms with Gasteiger partial charge in [0.05, 0.1) is 29.9 Å². The van der Waals surface area contributed by atoms with Crippen LogP contribution in [0.3, 0.4) is 0 Å². The van der Waals surface area contributed by atoms with E-state index < -0.39 is 316 Å². The van der Waals surface area contributed by atoms with Gasteiger partial charge in [-0.1, -0.05) is 79.4 Å². The average Bonchev–Trinajstić information content (AvgIpc) is 0.757. The molecule has 7 aromatic carbocycles. The number of amides is 7. The van der Waals surface area contributed by atoms with Crippen LogP contribution in [-0.4, -0.2) is 254 Å². The fourth-order valence-corrected chi connectivity index (χ4v) is 16.7.